The predicted octanol–water partition coefficient (Wildman–Crippen LogP) is 1.04. The summed E-state index contributed by atoms with van der Waals surface area (Å²) in [5, 5.41) is 9.93. The molecule has 24 heavy (non-hydrogen) atoms. The van der Waals surface area contributed by atoms with Crippen LogP contribution in [0.15, 0.2) is 29.1 Å². The van der Waals surface area contributed by atoms with Gasteiger partial charge in [0.15, 0.2) is 0 Å². The molecule has 0 unspecified atom stereocenters. The van der Waals surface area contributed by atoms with E-state index in [1.165, 1.54) is 0 Å². The van der Waals surface area contributed by atoms with E-state index >= 15 is 0 Å². The van der Waals surface area contributed by atoms with Crippen LogP contribution in [-0.2, 0) is 6.54 Å². The third kappa shape index (κ3) is 3.95. The first kappa shape index (κ1) is 17.0. The van der Waals surface area contributed by atoms with Gasteiger partial charge < -0.3 is 19.7 Å². The van der Waals surface area contributed by atoms with Crippen LogP contribution in [0.3, 0.4) is 0 Å². The molecule has 2 N–H and O–H groups in total. The number of H-pyrrole nitrogens is 1. The van der Waals surface area contributed by atoms with E-state index in [1.807, 2.05) is 24.3 Å². The van der Waals surface area contributed by atoms with E-state index < -0.39 is 0 Å². The van der Waals surface area contributed by atoms with Crippen LogP contribution in [-0.4, -0.2) is 66.3 Å². The quantitative estimate of drug-likeness (QED) is 0.828. The van der Waals surface area contributed by atoms with Crippen molar-refractivity contribution in [2.24, 2.45) is 0 Å². The van der Waals surface area contributed by atoms with Crippen LogP contribution in [0.4, 0.5) is 0 Å². The summed E-state index contributed by atoms with van der Waals surface area (Å²) in [5.41, 5.74) is 1.58. The summed E-state index contributed by atoms with van der Waals surface area (Å²) < 4.78 is 5.20. The Kier molecular flexibility index (Phi) is 5.50. The van der Waals surface area contributed by atoms with Crippen LogP contribution >= 0.6 is 0 Å². The molecule has 1 aromatic heterocycles. The van der Waals surface area contributed by atoms with Gasteiger partial charge in [0, 0.05) is 57.5 Å². The third-order valence-corrected chi connectivity index (χ3v) is 4.62. The lowest BCUT2D eigenvalue weighted by molar-refractivity contribution is 0.119. The number of nitrogens with zero attached hydrogens (tertiary/aromatic N) is 2. The Hall–Kier alpha value is -1.89. The molecule has 0 spiro atoms. The molecule has 6 heteroatoms. The number of fused-ring (bicyclic) bond motifs is 1. The van der Waals surface area contributed by atoms with E-state index in [0.29, 0.717) is 6.54 Å². The summed E-state index contributed by atoms with van der Waals surface area (Å²) in [5.74, 6) is 0.741. The minimum Gasteiger partial charge on any atom is -0.497 e. The predicted molar refractivity (Wildman–Crippen MR) is 94.5 cm³/mol. The Bertz CT molecular complexity index is 736. The van der Waals surface area contributed by atoms with Crippen molar-refractivity contribution >= 4 is 10.9 Å². The fraction of sp³-hybridized carbons (Fsp3) is 0.500. The SMILES string of the molecule is COc1ccc2cc(CN3CCN(CCCO)CC3)c(=O)[nH]c2c1. The average Bonchev–Trinajstić information content (AvgIpc) is 2.61. The minimum absolute atomic E-state index is 0.0292. The number of hydrogen-bond donors (Lipinski definition) is 2. The molecule has 3 rings (SSSR count). The standard InChI is InChI=1S/C18H25N3O3/c1-24-16-4-3-14-11-15(18(23)19-17(14)12-16)13-21-8-6-20(7-9-21)5-2-10-22/h3-4,11-12,22H,2,5-10,13H2,1H3,(H,19,23). The van der Waals surface area contributed by atoms with Gasteiger partial charge >= 0.3 is 0 Å². The normalized spacial score (nSPS) is 16.6. The van der Waals surface area contributed by atoms with E-state index in [4.69, 9.17) is 9.84 Å². The number of rotatable bonds is 6. The number of aromatic amines is 1. The topological polar surface area (TPSA) is 68.8 Å². The first-order chi connectivity index (χ1) is 11.7. The van der Waals surface area contributed by atoms with Crippen molar-refractivity contribution in [3.05, 3.63) is 40.2 Å². The number of aliphatic hydroxyl groups is 1. The molecule has 0 amide bonds. The third-order valence-electron chi connectivity index (χ3n) is 4.62. The number of benzene rings is 1. The molecule has 2 aromatic rings. The summed E-state index contributed by atoms with van der Waals surface area (Å²) in [6, 6.07) is 7.71. The second kappa shape index (κ2) is 7.79. The molecule has 1 aliphatic rings. The molecular weight excluding hydrogens is 306 g/mol. The Morgan fingerprint density at radius 2 is 1.92 bits per heavy atom. The van der Waals surface area contributed by atoms with Gasteiger partial charge in [-0.2, -0.15) is 0 Å². The van der Waals surface area contributed by atoms with E-state index in [2.05, 4.69) is 14.8 Å². The van der Waals surface area contributed by atoms with Gasteiger partial charge in [0.1, 0.15) is 5.75 Å². The second-order valence-electron chi connectivity index (χ2n) is 6.27. The van der Waals surface area contributed by atoms with Crippen molar-refractivity contribution in [2.75, 3.05) is 46.4 Å². The minimum atomic E-state index is -0.0292. The molecule has 0 saturated carbocycles. The van der Waals surface area contributed by atoms with Crippen molar-refractivity contribution in [3.8, 4) is 5.75 Å². The maximum absolute atomic E-state index is 12.4. The van der Waals surface area contributed by atoms with Gasteiger partial charge in [-0.05, 0) is 30.0 Å². The van der Waals surface area contributed by atoms with Crippen molar-refractivity contribution in [1.82, 2.24) is 14.8 Å². The van der Waals surface area contributed by atoms with Gasteiger partial charge in [0.05, 0.1) is 12.6 Å². The summed E-state index contributed by atoms with van der Waals surface area (Å²) in [6.45, 7) is 5.74. The highest BCUT2D eigenvalue weighted by atomic mass is 16.5. The Labute approximate surface area is 141 Å². The molecule has 0 atom stereocenters. The van der Waals surface area contributed by atoms with Gasteiger partial charge in [0.2, 0.25) is 0 Å². The lowest BCUT2D eigenvalue weighted by atomic mass is 10.1. The zero-order valence-corrected chi connectivity index (χ0v) is 14.1. The summed E-state index contributed by atoms with van der Waals surface area (Å²) in [4.78, 5) is 20.0. The average molecular weight is 331 g/mol. The summed E-state index contributed by atoms with van der Waals surface area (Å²) in [6.07, 6.45) is 0.827. The highest BCUT2D eigenvalue weighted by molar-refractivity contribution is 5.80. The van der Waals surface area contributed by atoms with Gasteiger partial charge in [0.25, 0.3) is 5.56 Å². The van der Waals surface area contributed by atoms with Crippen LogP contribution in [0.25, 0.3) is 10.9 Å². The maximum Gasteiger partial charge on any atom is 0.252 e. The molecule has 0 aliphatic carbocycles. The van der Waals surface area contributed by atoms with Crippen LogP contribution in [0.1, 0.15) is 12.0 Å². The molecule has 0 radical (unpaired) electrons. The van der Waals surface area contributed by atoms with Crippen molar-refractivity contribution in [1.29, 1.82) is 0 Å². The number of aromatic nitrogens is 1. The number of ether oxygens (including phenoxy) is 1. The van der Waals surface area contributed by atoms with Gasteiger partial charge in [-0.25, -0.2) is 0 Å². The molecule has 2 heterocycles. The molecule has 1 aromatic carbocycles. The lowest BCUT2D eigenvalue weighted by Gasteiger charge is -2.34. The Morgan fingerprint density at radius 3 is 2.62 bits per heavy atom. The number of hydrogen-bond acceptors (Lipinski definition) is 5. The maximum atomic E-state index is 12.4. The Balaban J connectivity index is 1.67. The van der Waals surface area contributed by atoms with Crippen molar-refractivity contribution in [3.63, 3.8) is 0 Å². The van der Waals surface area contributed by atoms with E-state index in [0.717, 1.165) is 61.4 Å². The van der Waals surface area contributed by atoms with Crippen LogP contribution in [0, 0.1) is 0 Å². The summed E-state index contributed by atoms with van der Waals surface area (Å²) in [7, 11) is 1.62. The molecule has 0 bridgehead atoms. The number of piperazine rings is 1. The first-order valence-electron chi connectivity index (χ1n) is 8.45. The van der Waals surface area contributed by atoms with Gasteiger partial charge in [-0.3, -0.25) is 9.69 Å². The molecule has 1 saturated heterocycles. The fourth-order valence-corrected chi connectivity index (χ4v) is 3.18. The molecule has 1 fully saturated rings. The lowest BCUT2D eigenvalue weighted by Crippen LogP contribution is -2.46. The molecule has 1 aliphatic heterocycles. The second-order valence-corrected chi connectivity index (χ2v) is 6.27. The van der Waals surface area contributed by atoms with Crippen LogP contribution in [0.5, 0.6) is 5.75 Å². The van der Waals surface area contributed by atoms with E-state index in [-0.39, 0.29) is 12.2 Å². The zero-order chi connectivity index (χ0) is 16.9. The molecule has 6 nitrogen and oxygen atoms in total. The fourth-order valence-electron chi connectivity index (χ4n) is 3.18. The highest BCUT2D eigenvalue weighted by Gasteiger charge is 2.17. The van der Waals surface area contributed by atoms with Crippen molar-refractivity contribution < 1.29 is 9.84 Å². The molecular formula is C18H25N3O3. The largest absolute Gasteiger partial charge is 0.497 e. The zero-order valence-electron chi connectivity index (χ0n) is 14.1. The van der Waals surface area contributed by atoms with Crippen LogP contribution in [0.2, 0.25) is 0 Å². The number of pyridine rings is 1. The number of nitrogens with one attached hydrogen (secondary N) is 1. The van der Waals surface area contributed by atoms with Gasteiger partial charge in [-0.15, -0.1) is 0 Å². The first-order valence-corrected chi connectivity index (χ1v) is 8.45. The van der Waals surface area contributed by atoms with E-state index in [9.17, 15) is 4.79 Å². The summed E-state index contributed by atoms with van der Waals surface area (Å²) >= 11 is 0. The number of aliphatic hydroxyl groups excluding tert-OH is 1. The van der Waals surface area contributed by atoms with Crippen LogP contribution < -0.4 is 10.3 Å². The van der Waals surface area contributed by atoms with Crippen molar-refractivity contribution in [2.45, 2.75) is 13.0 Å². The monoisotopic (exact) mass is 331 g/mol. The molecule has 130 valence electrons. The van der Waals surface area contributed by atoms with E-state index in [1.54, 1.807) is 7.11 Å². The smallest absolute Gasteiger partial charge is 0.252 e. The number of methoxy groups -OCH3 is 1. The Morgan fingerprint density at radius 1 is 1.17 bits per heavy atom. The highest BCUT2D eigenvalue weighted by Crippen LogP contribution is 2.19. The van der Waals surface area contributed by atoms with Gasteiger partial charge in [-0.1, -0.05) is 0 Å².